The van der Waals surface area contributed by atoms with Crippen molar-refractivity contribution in [2.45, 2.75) is 0 Å². The molecule has 0 bridgehead atoms. The van der Waals surface area contributed by atoms with Gasteiger partial charge in [0.2, 0.25) is 11.6 Å². The van der Waals surface area contributed by atoms with Crippen LogP contribution < -0.4 is 4.74 Å². The lowest BCUT2D eigenvalue weighted by Crippen LogP contribution is -2.08. The predicted molar refractivity (Wildman–Crippen MR) is 49.9 cm³/mol. The number of carbonyl (C=O) groups is 1. The SMILES string of the molecule is COC(=O)c1nc(Cl)c(Cl)nc1OC. The molecule has 0 amide bonds. The third kappa shape index (κ3) is 2.05. The smallest absolute Gasteiger partial charge is 0.362 e. The van der Waals surface area contributed by atoms with E-state index >= 15 is 0 Å². The Morgan fingerprint density at radius 2 is 1.79 bits per heavy atom. The highest BCUT2D eigenvalue weighted by atomic mass is 35.5. The normalized spacial score (nSPS) is 9.71. The molecule has 0 aliphatic heterocycles. The van der Waals surface area contributed by atoms with Crippen LogP contribution in [0.5, 0.6) is 5.88 Å². The molecular formula is C7H6Cl2N2O3. The van der Waals surface area contributed by atoms with Crippen LogP contribution in [0.3, 0.4) is 0 Å². The Bertz CT molecular complexity index is 370. The highest BCUT2D eigenvalue weighted by molar-refractivity contribution is 6.40. The van der Waals surface area contributed by atoms with E-state index in [0.717, 1.165) is 0 Å². The minimum Gasteiger partial charge on any atom is -0.479 e. The van der Waals surface area contributed by atoms with Gasteiger partial charge in [-0.1, -0.05) is 23.2 Å². The molecule has 5 nitrogen and oxygen atoms in total. The van der Waals surface area contributed by atoms with Crippen LogP contribution in [-0.4, -0.2) is 30.2 Å². The van der Waals surface area contributed by atoms with Gasteiger partial charge in [-0.05, 0) is 0 Å². The second-order valence-electron chi connectivity index (χ2n) is 2.15. The van der Waals surface area contributed by atoms with E-state index in [2.05, 4.69) is 14.7 Å². The Morgan fingerprint density at radius 1 is 1.21 bits per heavy atom. The Kier molecular flexibility index (Phi) is 3.49. The van der Waals surface area contributed by atoms with Crippen LogP contribution in [-0.2, 0) is 4.74 Å². The summed E-state index contributed by atoms with van der Waals surface area (Å²) < 4.78 is 9.24. The average Bonchev–Trinajstić information content (AvgIpc) is 2.20. The van der Waals surface area contributed by atoms with Crippen molar-refractivity contribution in [1.29, 1.82) is 0 Å². The summed E-state index contributed by atoms with van der Waals surface area (Å²) >= 11 is 11.1. The summed E-state index contributed by atoms with van der Waals surface area (Å²) in [6.07, 6.45) is 0. The molecule has 7 heteroatoms. The van der Waals surface area contributed by atoms with Crippen LogP contribution in [0.15, 0.2) is 0 Å². The van der Waals surface area contributed by atoms with Gasteiger partial charge in [0.25, 0.3) is 0 Å². The lowest BCUT2D eigenvalue weighted by molar-refractivity contribution is 0.0589. The molecule has 1 aromatic heterocycles. The first-order valence-corrected chi connectivity index (χ1v) is 4.21. The monoisotopic (exact) mass is 236 g/mol. The van der Waals surface area contributed by atoms with Crippen molar-refractivity contribution in [2.75, 3.05) is 14.2 Å². The maximum absolute atomic E-state index is 11.2. The number of halogens is 2. The molecule has 0 atom stereocenters. The molecule has 76 valence electrons. The summed E-state index contributed by atoms with van der Waals surface area (Å²) in [6.45, 7) is 0. The number of hydrogen-bond acceptors (Lipinski definition) is 5. The van der Waals surface area contributed by atoms with Crippen molar-refractivity contribution in [3.05, 3.63) is 16.0 Å². The zero-order valence-corrected chi connectivity index (χ0v) is 8.89. The number of nitrogens with zero attached hydrogens (tertiary/aromatic N) is 2. The van der Waals surface area contributed by atoms with E-state index in [4.69, 9.17) is 27.9 Å². The van der Waals surface area contributed by atoms with Crippen molar-refractivity contribution in [1.82, 2.24) is 9.97 Å². The lowest BCUT2D eigenvalue weighted by Gasteiger charge is -2.05. The number of hydrogen-bond donors (Lipinski definition) is 0. The second-order valence-corrected chi connectivity index (χ2v) is 2.87. The van der Waals surface area contributed by atoms with Gasteiger partial charge in [-0.15, -0.1) is 0 Å². The number of rotatable bonds is 2. The molecule has 0 N–H and O–H groups in total. The molecule has 14 heavy (non-hydrogen) atoms. The van der Waals surface area contributed by atoms with Crippen molar-refractivity contribution in [3.63, 3.8) is 0 Å². The summed E-state index contributed by atoms with van der Waals surface area (Å²) in [6, 6.07) is 0. The van der Waals surface area contributed by atoms with Gasteiger partial charge in [0.05, 0.1) is 14.2 Å². The summed E-state index contributed by atoms with van der Waals surface area (Å²) in [5, 5.41) is -0.107. The van der Waals surface area contributed by atoms with Crippen molar-refractivity contribution in [2.24, 2.45) is 0 Å². The third-order valence-electron chi connectivity index (χ3n) is 1.35. The molecule has 0 unspecified atom stereocenters. The van der Waals surface area contributed by atoms with E-state index in [1.165, 1.54) is 14.2 Å². The fourth-order valence-corrected chi connectivity index (χ4v) is 0.998. The number of ether oxygens (including phenoxy) is 2. The largest absolute Gasteiger partial charge is 0.479 e. The summed E-state index contributed by atoms with van der Waals surface area (Å²) in [7, 11) is 2.55. The quantitative estimate of drug-likeness (QED) is 0.730. The van der Waals surface area contributed by atoms with Crippen molar-refractivity contribution in [3.8, 4) is 5.88 Å². The van der Waals surface area contributed by atoms with Gasteiger partial charge in [-0.3, -0.25) is 0 Å². The molecule has 0 aliphatic rings. The summed E-state index contributed by atoms with van der Waals surface area (Å²) in [4.78, 5) is 18.5. The second kappa shape index (κ2) is 4.43. The third-order valence-corrected chi connectivity index (χ3v) is 1.98. The van der Waals surface area contributed by atoms with Gasteiger partial charge in [0, 0.05) is 0 Å². The van der Waals surface area contributed by atoms with E-state index < -0.39 is 5.97 Å². The van der Waals surface area contributed by atoms with Crippen molar-refractivity contribution >= 4 is 29.2 Å². The zero-order chi connectivity index (χ0) is 10.7. The minimum atomic E-state index is -0.687. The molecule has 0 saturated heterocycles. The number of aromatic nitrogens is 2. The average molecular weight is 237 g/mol. The Balaban J connectivity index is 3.27. The van der Waals surface area contributed by atoms with Gasteiger partial charge in [0.15, 0.2) is 10.3 Å². The number of methoxy groups -OCH3 is 2. The summed E-state index contributed by atoms with van der Waals surface area (Å²) in [5.74, 6) is -0.709. The van der Waals surface area contributed by atoms with Gasteiger partial charge in [-0.25, -0.2) is 9.78 Å². The van der Waals surface area contributed by atoms with E-state index in [0.29, 0.717) is 0 Å². The van der Waals surface area contributed by atoms with Crippen molar-refractivity contribution < 1.29 is 14.3 Å². The standard InChI is InChI=1S/C7H6Cl2N2O3/c1-13-6-3(7(12)14-2)10-4(8)5(9)11-6/h1-2H3. The van der Waals surface area contributed by atoms with Gasteiger partial charge in [-0.2, -0.15) is 4.98 Å². The van der Waals surface area contributed by atoms with Crippen LogP contribution in [0, 0.1) is 0 Å². The predicted octanol–water partition coefficient (Wildman–Crippen LogP) is 1.58. The maximum Gasteiger partial charge on any atom is 0.362 e. The Hall–Kier alpha value is -1.07. The van der Waals surface area contributed by atoms with Gasteiger partial charge >= 0.3 is 5.97 Å². The Labute approximate surface area is 90.0 Å². The molecule has 1 aromatic rings. The van der Waals surface area contributed by atoms with Gasteiger partial charge in [0.1, 0.15) is 0 Å². The lowest BCUT2D eigenvalue weighted by atomic mass is 10.4. The first-order chi connectivity index (χ1) is 6.60. The number of esters is 1. The molecule has 0 fully saturated rings. The van der Waals surface area contributed by atoms with Crippen LogP contribution in [0.25, 0.3) is 0 Å². The van der Waals surface area contributed by atoms with E-state index in [9.17, 15) is 4.79 Å². The van der Waals surface area contributed by atoms with Crippen LogP contribution in [0.4, 0.5) is 0 Å². The highest BCUT2D eigenvalue weighted by Gasteiger charge is 2.19. The fourth-order valence-electron chi connectivity index (χ4n) is 0.752. The molecule has 0 saturated carbocycles. The molecule has 0 radical (unpaired) electrons. The zero-order valence-electron chi connectivity index (χ0n) is 7.38. The minimum absolute atomic E-state index is 0.0220. The maximum atomic E-state index is 11.2. The number of carbonyl (C=O) groups excluding carboxylic acids is 1. The summed E-state index contributed by atoms with van der Waals surface area (Å²) in [5.41, 5.74) is -0.107. The Morgan fingerprint density at radius 3 is 2.29 bits per heavy atom. The molecule has 1 rings (SSSR count). The van der Waals surface area contributed by atoms with Crippen LogP contribution >= 0.6 is 23.2 Å². The molecular weight excluding hydrogens is 231 g/mol. The molecule has 0 aromatic carbocycles. The van der Waals surface area contributed by atoms with E-state index in [-0.39, 0.29) is 21.9 Å². The fraction of sp³-hybridized carbons (Fsp3) is 0.286. The molecule has 1 heterocycles. The van der Waals surface area contributed by atoms with Crippen LogP contribution in [0.2, 0.25) is 10.3 Å². The van der Waals surface area contributed by atoms with Gasteiger partial charge < -0.3 is 9.47 Å². The molecule has 0 aliphatic carbocycles. The topological polar surface area (TPSA) is 61.3 Å². The van der Waals surface area contributed by atoms with E-state index in [1.54, 1.807) is 0 Å². The van der Waals surface area contributed by atoms with Crippen LogP contribution in [0.1, 0.15) is 10.5 Å². The highest BCUT2D eigenvalue weighted by Crippen LogP contribution is 2.23. The molecule has 0 spiro atoms. The first-order valence-electron chi connectivity index (χ1n) is 3.45. The van der Waals surface area contributed by atoms with E-state index in [1.807, 2.05) is 0 Å². The first kappa shape index (κ1) is 11.0.